The van der Waals surface area contributed by atoms with Crippen molar-refractivity contribution >= 4 is 27.9 Å². The smallest absolute Gasteiger partial charge is 0.322 e. The highest BCUT2D eigenvalue weighted by molar-refractivity contribution is 8.00. The summed E-state index contributed by atoms with van der Waals surface area (Å²) in [5, 5.41) is 8.94. The van der Waals surface area contributed by atoms with E-state index >= 15 is 0 Å². The van der Waals surface area contributed by atoms with Gasteiger partial charge in [-0.25, -0.2) is 0 Å². The van der Waals surface area contributed by atoms with Crippen LogP contribution in [-0.4, -0.2) is 58.9 Å². The molecule has 0 aromatic heterocycles. The van der Waals surface area contributed by atoms with Gasteiger partial charge in [-0.15, -0.1) is 11.8 Å². The normalized spacial score (nSPS) is 22.8. The molecule has 94 valence electrons. The molecule has 8 heteroatoms. The Morgan fingerprint density at radius 1 is 1.50 bits per heavy atom. The van der Waals surface area contributed by atoms with Crippen molar-refractivity contribution in [1.29, 1.82) is 0 Å². The zero-order chi connectivity index (χ0) is 12.3. The van der Waals surface area contributed by atoms with E-state index < -0.39 is 22.2 Å². The molecule has 1 atom stereocenters. The maximum Gasteiger partial charge on any atom is 0.322 e. The van der Waals surface area contributed by atoms with Crippen molar-refractivity contribution in [2.24, 2.45) is 0 Å². The first kappa shape index (κ1) is 13.8. The first-order valence-corrected chi connectivity index (χ1v) is 7.57. The van der Waals surface area contributed by atoms with Gasteiger partial charge in [-0.2, -0.15) is 17.0 Å². The number of thioether (sulfide) groups is 1. The molecule has 1 aliphatic heterocycles. The summed E-state index contributed by atoms with van der Waals surface area (Å²) < 4.78 is 26.5. The standard InChI is InChI=1S/C8H16N2O4S2/c1-3-9(4-2)16(13,14)10-6-15-5-7(10)8(11)12/h7H,3-6H2,1-2H3,(H,11,12). The molecule has 16 heavy (non-hydrogen) atoms. The molecule has 0 saturated carbocycles. The van der Waals surface area contributed by atoms with E-state index in [4.69, 9.17) is 5.11 Å². The van der Waals surface area contributed by atoms with Crippen LogP contribution in [0.1, 0.15) is 13.8 Å². The summed E-state index contributed by atoms with van der Waals surface area (Å²) in [6.07, 6.45) is 0. The van der Waals surface area contributed by atoms with E-state index in [1.165, 1.54) is 16.1 Å². The van der Waals surface area contributed by atoms with Gasteiger partial charge in [0.15, 0.2) is 0 Å². The summed E-state index contributed by atoms with van der Waals surface area (Å²) in [6.45, 7) is 4.18. The molecule has 0 aromatic carbocycles. The molecule has 0 amide bonds. The highest BCUT2D eigenvalue weighted by Crippen LogP contribution is 2.25. The van der Waals surface area contributed by atoms with Crippen molar-refractivity contribution in [3.63, 3.8) is 0 Å². The Morgan fingerprint density at radius 3 is 2.50 bits per heavy atom. The summed E-state index contributed by atoms with van der Waals surface area (Å²) in [4.78, 5) is 10.9. The molecule has 0 radical (unpaired) electrons. The van der Waals surface area contributed by atoms with E-state index in [1.807, 2.05) is 0 Å². The number of hydrogen-bond acceptors (Lipinski definition) is 4. The molecular formula is C8H16N2O4S2. The molecule has 1 fully saturated rings. The van der Waals surface area contributed by atoms with Crippen LogP contribution in [0.3, 0.4) is 0 Å². The largest absolute Gasteiger partial charge is 0.480 e. The number of hydrogen-bond donors (Lipinski definition) is 1. The third-order valence-corrected chi connectivity index (χ3v) is 5.78. The van der Waals surface area contributed by atoms with Crippen molar-refractivity contribution in [2.45, 2.75) is 19.9 Å². The lowest BCUT2D eigenvalue weighted by Crippen LogP contribution is -2.49. The SMILES string of the molecule is CCN(CC)S(=O)(=O)N1CSCC1C(=O)O. The lowest BCUT2D eigenvalue weighted by molar-refractivity contribution is -0.140. The van der Waals surface area contributed by atoms with Crippen LogP contribution in [0.5, 0.6) is 0 Å². The summed E-state index contributed by atoms with van der Waals surface area (Å²) in [6, 6.07) is -0.935. The van der Waals surface area contributed by atoms with Crippen LogP contribution in [0.25, 0.3) is 0 Å². The number of carboxylic acid groups (broad SMARTS) is 1. The minimum Gasteiger partial charge on any atom is -0.480 e. The predicted molar refractivity (Wildman–Crippen MR) is 62.4 cm³/mol. The summed E-state index contributed by atoms with van der Waals surface area (Å²) in [5.74, 6) is -0.549. The number of rotatable bonds is 5. The Bertz CT molecular complexity index is 353. The van der Waals surface area contributed by atoms with Crippen LogP contribution in [-0.2, 0) is 15.0 Å². The molecule has 0 bridgehead atoms. The lowest BCUT2D eigenvalue weighted by Gasteiger charge is -2.27. The number of aliphatic carboxylic acids is 1. The Hall–Kier alpha value is -0.310. The van der Waals surface area contributed by atoms with Gasteiger partial charge in [0.25, 0.3) is 10.2 Å². The molecule has 0 aliphatic carbocycles. The zero-order valence-electron chi connectivity index (χ0n) is 9.29. The lowest BCUT2D eigenvalue weighted by atomic mass is 10.4. The Labute approximate surface area is 99.8 Å². The zero-order valence-corrected chi connectivity index (χ0v) is 10.9. The van der Waals surface area contributed by atoms with Crippen molar-refractivity contribution in [3.8, 4) is 0 Å². The predicted octanol–water partition coefficient (Wildman–Crippen LogP) is 0.0325. The van der Waals surface area contributed by atoms with Crippen LogP contribution in [0.4, 0.5) is 0 Å². The van der Waals surface area contributed by atoms with Gasteiger partial charge in [0.2, 0.25) is 0 Å². The average Bonchev–Trinajstić information content (AvgIpc) is 2.67. The molecule has 1 N–H and O–H groups in total. The highest BCUT2D eigenvalue weighted by atomic mass is 32.2. The van der Waals surface area contributed by atoms with Crippen molar-refractivity contribution in [2.75, 3.05) is 24.7 Å². The molecular weight excluding hydrogens is 252 g/mol. The first-order chi connectivity index (χ1) is 7.45. The van der Waals surface area contributed by atoms with Crippen molar-refractivity contribution in [3.05, 3.63) is 0 Å². The van der Waals surface area contributed by atoms with E-state index in [9.17, 15) is 13.2 Å². The maximum absolute atomic E-state index is 12.1. The number of carboxylic acids is 1. The second kappa shape index (κ2) is 5.35. The molecule has 1 rings (SSSR count). The monoisotopic (exact) mass is 268 g/mol. The molecule has 0 spiro atoms. The molecule has 1 aliphatic rings. The average molecular weight is 268 g/mol. The fourth-order valence-corrected chi connectivity index (χ4v) is 4.84. The fraction of sp³-hybridized carbons (Fsp3) is 0.875. The van der Waals surface area contributed by atoms with Gasteiger partial charge >= 0.3 is 5.97 Å². The van der Waals surface area contributed by atoms with Crippen molar-refractivity contribution in [1.82, 2.24) is 8.61 Å². The van der Waals surface area contributed by atoms with Gasteiger partial charge in [-0.1, -0.05) is 13.8 Å². The van der Waals surface area contributed by atoms with Crippen LogP contribution in [0, 0.1) is 0 Å². The highest BCUT2D eigenvalue weighted by Gasteiger charge is 2.41. The first-order valence-electron chi connectivity index (χ1n) is 5.02. The minimum atomic E-state index is -3.63. The topological polar surface area (TPSA) is 77.9 Å². The van der Waals surface area contributed by atoms with Gasteiger partial charge in [0.05, 0.1) is 5.88 Å². The van der Waals surface area contributed by atoms with Crippen LogP contribution in [0.2, 0.25) is 0 Å². The van der Waals surface area contributed by atoms with Gasteiger partial charge in [0, 0.05) is 18.8 Å². The van der Waals surface area contributed by atoms with Crippen LogP contribution < -0.4 is 0 Å². The van der Waals surface area contributed by atoms with Crippen LogP contribution >= 0.6 is 11.8 Å². The van der Waals surface area contributed by atoms with E-state index in [0.717, 1.165) is 4.31 Å². The Morgan fingerprint density at radius 2 is 2.06 bits per heavy atom. The quantitative estimate of drug-likeness (QED) is 0.761. The molecule has 6 nitrogen and oxygen atoms in total. The van der Waals surface area contributed by atoms with Gasteiger partial charge in [0.1, 0.15) is 6.04 Å². The number of nitrogens with zero attached hydrogens (tertiary/aromatic N) is 2. The Balaban J connectivity index is 2.94. The summed E-state index contributed by atoms with van der Waals surface area (Å²) in [5.41, 5.74) is 0. The molecule has 1 unspecified atom stereocenters. The van der Waals surface area contributed by atoms with Gasteiger partial charge < -0.3 is 5.11 Å². The third-order valence-electron chi connectivity index (χ3n) is 2.45. The second-order valence-corrected chi connectivity index (χ2v) is 6.21. The fourth-order valence-electron chi connectivity index (χ4n) is 1.55. The van der Waals surface area contributed by atoms with E-state index in [1.54, 1.807) is 13.8 Å². The van der Waals surface area contributed by atoms with E-state index in [2.05, 4.69) is 0 Å². The summed E-state index contributed by atoms with van der Waals surface area (Å²) >= 11 is 1.32. The maximum atomic E-state index is 12.1. The summed E-state index contributed by atoms with van der Waals surface area (Å²) in [7, 11) is -3.63. The van der Waals surface area contributed by atoms with Crippen molar-refractivity contribution < 1.29 is 18.3 Å². The molecule has 1 saturated heterocycles. The second-order valence-electron chi connectivity index (χ2n) is 3.33. The Kier molecular flexibility index (Phi) is 4.60. The van der Waals surface area contributed by atoms with E-state index in [0.29, 0.717) is 18.8 Å². The van der Waals surface area contributed by atoms with Crippen LogP contribution in [0.15, 0.2) is 0 Å². The third kappa shape index (κ3) is 2.50. The molecule has 0 aromatic rings. The van der Waals surface area contributed by atoms with Gasteiger partial charge in [-0.3, -0.25) is 4.79 Å². The van der Waals surface area contributed by atoms with E-state index in [-0.39, 0.29) is 5.88 Å². The number of carbonyl (C=O) groups is 1. The minimum absolute atomic E-state index is 0.218. The molecule has 1 heterocycles. The van der Waals surface area contributed by atoms with Gasteiger partial charge in [-0.05, 0) is 0 Å².